The van der Waals surface area contributed by atoms with Crippen LogP contribution in [0.25, 0.3) is 0 Å². The van der Waals surface area contributed by atoms with E-state index in [9.17, 15) is 9.59 Å². The fraction of sp³-hybridized carbons (Fsp3) is 0.312. The molecule has 0 aliphatic carbocycles. The lowest BCUT2D eigenvalue weighted by molar-refractivity contribution is 0.0992. The van der Waals surface area contributed by atoms with E-state index >= 15 is 0 Å². The number of amides is 3. The zero-order chi connectivity index (χ0) is 16.8. The quantitative estimate of drug-likeness (QED) is 0.763. The van der Waals surface area contributed by atoms with Crippen LogP contribution in [0.15, 0.2) is 30.5 Å². The van der Waals surface area contributed by atoms with Gasteiger partial charge in [-0.25, -0.2) is 4.79 Å². The van der Waals surface area contributed by atoms with Crippen LogP contribution in [-0.2, 0) is 13.5 Å². The van der Waals surface area contributed by atoms with Crippen molar-refractivity contribution in [2.24, 2.45) is 12.8 Å². The smallest absolute Gasteiger partial charge is 0.323 e. The third kappa shape index (κ3) is 4.32. The van der Waals surface area contributed by atoms with Gasteiger partial charge in [0.15, 0.2) is 0 Å². The predicted molar refractivity (Wildman–Crippen MR) is 89.4 cm³/mol. The lowest BCUT2D eigenvalue weighted by Gasteiger charge is -2.08. The van der Waals surface area contributed by atoms with Crippen molar-refractivity contribution in [3.63, 3.8) is 0 Å². The zero-order valence-electron chi connectivity index (χ0n) is 13.3. The molecule has 2 rings (SSSR count). The Labute approximate surface area is 134 Å². The second-order valence-corrected chi connectivity index (χ2v) is 5.27. The number of benzene rings is 1. The molecule has 0 aliphatic rings. The van der Waals surface area contributed by atoms with Crippen LogP contribution in [0.5, 0.6) is 0 Å². The number of urea groups is 1. The minimum absolute atomic E-state index is 0.148. The molecule has 0 spiro atoms. The highest BCUT2D eigenvalue weighted by Crippen LogP contribution is 2.15. The van der Waals surface area contributed by atoms with Gasteiger partial charge in [-0.05, 0) is 30.5 Å². The largest absolute Gasteiger partial charge is 0.364 e. The molecule has 1 aromatic heterocycles. The topological polar surface area (TPSA) is 102 Å². The predicted octanol–water partition coefficient (Wildman–Crippen LogP) is 2.51. The van der Waals surface area contributed by atoms with Gasteiger partial charge >= 0.3 is 6.03 Å². The van der Waals surface area contributed by atoms with Gasteiger partial charge in [-0.3, -0.25) is 9.48 Å². The van der Waals surface area contributed by atoms with Crippen LogP contribution in [0.3, 0.4) is 0 Å². The van der Waals surface area contributed by atoms with Gasteiger partial charge in [-0.2, -0.15) is 5.10 Å². The number of anilines is 2. The van der Waals surface area contributed by atoms with Crippen LogP contribution < -0.4 is 16.4 Å². The highest BCUT2D eigenvalue weighted by atomic mass is 16.2. The highest BCUT2D eigenvalue weighted by molar-refractivity contribution is 6.05. The fourth-order valence-electron chi connectivity index (χ4n) is 2.24. The van der Waals surface area contributed by atoms with Gasteiger partial charge in [0.1, 0.15) is 5.69 Å². The molecular formula is C16H21N5O2. The normalized spacial score (nSPS) is 10.3. The summed E-state index contributed by atoms with van der Waals surface area (Å²) in [5, 5.41) is 9.20. The molecule has 0 aliphatic heterocycles. The van der Waals surface area contributed by atoms with Crippen LogP contribution in [-0.4, -0.2) is 21.7 Å². The number of hydrogen-bond acceptors (Lipinski definition) is 3. The van der Waals surface area contributed by atoms with Gasteiger partial charge in [0.25, 0.3) is 5.91 Å². The second kappa shape index (κ2) is 7.44. The minimum Gasteiger partial charge on any atom is -0.364 e. The Morgan fingerprint density at radius 1 is 1.22 bits per heavy atom. The molecule has 0 saturated heterocycles. The summed E-state index contributed by atoms with van der Waals surface area (Å²) in [6.45, 7) is 2.15. The van der Waals surface area contributed by atoms with Gasteiger partial charge in [-0.15, -0.1) is 0 Å². The molecule has 3 amide bonds. The van der Waals surface area contributed by atoms with Crippen molar-refractivity contribution in [3.8, 4) is 0 Å². The number of carbonyl (C=O) groups is 2. The number of aromatic nitrogens is 2. The Hall–Kier alpha value is -2.83. The number of carbonyl (C=O) groups excluding carboxylic acids is 2. The third-order valence-electron chi connectivity index (χ3n) is 3.45. The average Bonchev–Trinajstić information content (AvgIpc) is 2.87. The summed E-state index contributed by atoms with van der Waals surface area (Å²) in [4.78, 5) is 23.4. The van der Waals surface area contributed by atoms with Crippen LogP contribution >= 0.6 is 0 Å². The molecule has 1 heterocycles. The summed E-state index contributed by atoms with van der Waals surface area (Å²) in [6, 6.07) is 7.22. The molecule has 23 heavy (non-hydrogen) atoms. The summed E-state index contributed by atoms with van der Waals surface area (Å²) < 4.78 is 1.32. The average molecular weight is 315 g/mol. The third-order valence-corrected chi connectivity index (χ3v) is 3.45. The van der Waals surface area contributed by atoms with Gasteiger partial charge in [0, 0.05) is 12.7 Å². The van der Waals surface area contributed by atoms with Crippen LogP contribution in [0.2, 0.25) is 0 Å². The first-order chi connectivity index (χ1) is 11.0. The van der Waals surface area contributed by atoms with Crippen LogP contribution in [0, 0.1) is 0 Å². The number of rotatable bonds is 6. The summed E-state index contributed by atoms with van der Waals surface area (Å²) in [5.74, 6) is -0.652. The minimum atomic E-state index is -0.652. The van der Waals surface area contributed by atoms with Crippen molar-refractivity contribution in [3.05, 3.63) is 41.7 Å². The van der Waals surface area contributed by atoms with Crippen LogP contribution in [0.4, 0.5) is 16.2 Å². The van der Waals surface area contributed by atoms with E-state index in [1.807, 2.05) is 24.3 Å². The lowest BCUT2D eigenvalue weighted by atomic mass is 10.1. The van der Waals surface area contributed by atoms with Crippen molar-refractivity contribution >= 4 is 23.3 Å². The van der Waals surface area contributed by atoms with E-state index in [1.54, 1.807) is 7.05 Å². The molecule has 7 heteroatoms. The van der Waals surface area contributed by atoms with Crippen molar-refractivity contribution in [2.45, 2.75) is 26.2 Å². The number of nitrogens with zero attached hydrogens (tertiary/aromatic N) is 2. The maximum Gasteiger partial charge on any atom is 0.323 e. The monoisotopic (exact) mass is 315 g/mol. The Balaban J connectivity index is 1.98. The number of primary amides is 1. The summed E-state index contributed by atoms with van der Waals surface area (Å²) >= 11 is 0. The Morgan fingerprint density at radius 3 is 2.52 bits per heavy atom. The zero-order valence-corrected chi connectivity index (χ0v) is 13.3. The maximum absolute atomic E-state index is 12.0. The van der Waals surface area contributed by atoms with E-state index in [4.69, 9.17) is 5.73 Å². The van der Waals surface area contributed by atoms with Gasteiger partial charge in [0.2, 0.25) is 0 Å². The molecule has 0 fully saturated rings. The number of hydrogen-bond donors (Lipinski definition) is 3. The Kier molecular flexibility index (Phi) is 5.35. The molecule has 4 N–H and O–H groups in total. The highest BCUT2D eigenvalue weighted by Gasteiger charge is 2.15. The van der Waals surface area contributed by atoms with E-state index in [0.717, 1.165) is 19.3 Å². The molecule has 0 saturated carbocycles. The van der Waals surface area contributed by atoms with Crippen molar-refractivity contribution in [1.29, 1.82) is 0 Å². The van der Waals surface area contributed by atoms with E-state index in [0.29, 0.717) is 5.69 Å². The molecule has 0 radical (unpaired) electrons. The van der Waals surface area contributed by atoms with E-state index < -0.39 is 11.9 Å². The Bertz CT molecular complexity index is 691. The molecule has 0 unspecified atom stereocenters. The van der Waals surface area contributed by atoms with E-state index in [1.165, 1.54) is 16.4 Å². The summed E-state index contributed by atoms with van der Waals surface area (Å²) in [7, 11) is 1.58. The van der Waals surface area contributed by atoms with Crippen LogP contribution in [0.1, 0.15) is 35.8 Å². The van der Waals surface area contributed by atoms with Crippen molar-refractivity contribution in [2.75, 3.05) is 10.6 Å². The van der Waals surface area contributed by atoms with Gasteiger partial charge < -0.3 is 16.4 Å². The number of nitrogens with two attached hydrogens (primary N) is 1. The SMILES string of the molecule is CCCCc1ccc(NC(=O)Nc2cnn(C)c2C(N)=O)cc1. The molecule has 0 atom stereocenters. The second-order valence-electron chi connectivity index (χ2n) is 5.27. The first-order valence-electron chi connectivity index (χ1n) is 7.50. The van der Waals surface area contributed by atoms with Gasteiger partial charge in [0.05, 0.1) is 11.9 Å². The number of unbranched alkanes of at least 4 members (excludes halogenated alkanes) is 1. The standard InChI is InChI=1S/C16H21N5O2/c1-3-4-5-11-6-8-12(9-7-11)19-16(23)20-13-10-18-21(2)14(13)15(17)22/h6-10H,3-5H2,1-2H3,(H2,17,22)(H2,19,20,23). The van der Waals surface area contributed by atoms with Gasteiger partial charge in [-0.1, -0.05) is 25.5 Å². The number of aryl methyl sites for hydroxylation is 2. The molecule has 0 bridgehead atoms. The van der Waals surface area contributed by atoms with E-state index in [2.05, 4.69) is 22.7 Å². The molecule has 1 aromatic carbocycles. The van der Waals surface area contributed by atoms with Crippen molar-refractivity contribution < 1.29 is 9.59 Å². The number of nitrogens with one attached hydrogen (secondary N) is 2. The van der Waals surface area contributed by atoms with Crippen molar-refractivity contribution in [1.82, 2.24) is 9.78 Å². The molecule has 7 nitrogen and oxygen atoms in total. The molecule has 122 valence electrons. The fourth-order valence-corrected chi connectivity index (χ4v) is 2.24. The summed E-state index contributed by atoms with van der Waals surface area (Å²) in [5.41, 5.74) is 7.61. The Morgan fingerprint density at radius 2 is 1.91 bits per heavy atom. The maximum atomic E-state index is 12.0. The van der Waals surface area contributed by atoms with E-state index in [-0.39, 0.29) is 11.4 Å². The summed E-state index contributed by atoms with van der Waals surface area (Å²) in [6.07, 6.45) is 4.70. The lowest BCUT2D eigenvalue weighted by Crippen LogP contribution is -2.23. The molecular weight excluding hydrogens is 294 g/mol. The molecule has 2 aromatic rings. The first kappa shape index (κ1) is 16.5. The first-order valence-corrected chi connectivity index (χ1v) is 7.50.